The van der Waals surface area contributed by atoms with Crippen molar-refractivity contribution in [1.82, 2.24) is 10.1 Å². The molecule has 1 aromatic heterocycles. The first kappa shape index (κ1) is 10.4. The van der Waals surface area contributed by atoms with Gasteiger partial charge >= 0.3 is 0 Å². The molecule has 1 aromatic carbocycles. The first-order valence-electron chi connectivity index (χ1n) is 5.57. The zero-order chi connectivity index (χ0) is 11.7. The number of ether oxygens (including phenoxy) is 1. The zero-order valence-corrected chi connectivity index (χ0v) is 9.30. The summed E-state index contributed by atoms with van der Waals surface area (Å²) < 4.78 is 10.2. The largest absolute Gasteiger partial charge is 0.380 e. The van der Waals surface area contributed by atoms with Crippen LogP contribution in [-0.4, -0.2) is 23.4 Å². The minimum absolute atomic E-state index is 0.267. The second-order valence-electron chi connectivity index (χ2n) is 4.08. The molecule has 0 bridgehead atoms. The first-order chi connectivity index (χ1) is 8.36. The molecule has 88 valence electrons. The topological polar surface area (TPSA) is 74.2 Å². The second-order valence-corrected chi connectivity index (χ2v) is 4.08. The molecule has 2 N–H and O–H groups in total. The lowest BCUT2D eigenvalue weighted by Gasteiger charge is -2.26. The number of hydrogen-bond acceptors (Lipinski definition) is 5. The Kier molecular flexibility index (Phi) is 2.62. The Hall–Kier alpha value is -1.72. The third-order valence-electron chi connectivity index (χ3n) is 2.90. The smallest absolute Gasteiger partial charge is 0.240 e. The summed E-state index contributed by atoms with van der Waals surface area (Å²) in [5.74, 6) is 1.54. The fraction of sp³-hybridized carbons (Fsp3) is 0.333. The Labute approximate surface area is 98.6 Å². The Balaban J connectivity index is 1.91. The van der Waals surface area contributed by atoms with Gasteiger partial charge in [-0.25, -0.2) is 0 Å². The molecular formula is C12H13N3O2. The van der Waals surface area contributed by atoms with Crippen LogP contribution in [0.1, 0.15) is 17.4 Å². The first-order valence-corrected chi connectivity index (χ1v) is 5.57. The molecule has 1 saturated heterocycles. The Morgan fingerprint density at radius 2 is 2.24 bits per heavy atom. The van der Waals surface area contributed by atoms with Crippen LogP contribution in [0.15, 0.2) is 28.8 Å². The summed E-state index contributed by atoms with van der Waals surface area (Å²) in [6.07, 6.45) is 0. The number of nitrogens with zero attached hydrogens (tertiary/aromatic N) is 2. The van der Waals surface area contributed by atoms with Gasteiger partial charge in [-0.05, 0) is 11.6 Å². The van der Waals surface area contributed by atoms with Crippen LogP contribution in [0.4, 0.5) is 0 Å². The standard InChI is InChI=1S/C12H13N3O2/c13-5-11-14-12(15-17-11)9-3-1-2-8(4-9)10-6-16-7-10/h1-4,10H,5-7,13H2. The van der Waals surface area contributed by atoms with Gasteiger partial charge in [-0.2, -0.15) is 4.98 Å². The van der Waals surface area contributed by atoms with E-state index in [1.807, 2.05) is 12.1 Å². The minimum atomic E-state index is 0.267. The van der Waals surface area contributed by atoms with Crippen LogP contribution in [0, 0.1) is 0 Å². The van der Waals surface area contributed by atoms with Crippen molar-refractivity contribution in [3.8, 4) is 11.4 Å². The van der Waals surface area contributed by atoms with Gasteiger partial charge in [0.25, 0.3) is 0 Å². The van der Waals surface area contributed by atoms with Crippen molar-refractivity contribution in [2.75, 3.05) is 13.2 Å². The Morgan fingerprint density at radius 1 is 1.35 bits per heavy atom. The molecule has 0 spiro atoms. The van der Waals surface area contributed by atoms with E-state index >= 15 is 0 Å². The number of hydrogen-bond donors (Lipinski definition) is 1. The molecule has 5 nitrogen and oxygen atoms in total. The molecule has 0 amide bonds. The summed E-state index contributed by atoms with van der Waals surface area (Å²) in [6.45, 7) is 1.86. The molecule has 0 radical (unpaired) electrons. The van der Waals surface area contributed by atoms with Gasteiger partial charge in [0.05, 0.1) is 19.8 Å². The van der Waals surface area contributed by atoms with Crippen LogP contribution in [0.25, 0.3) is 11.4 Å². The molecule has 1 aliphatic heterocycles. The highest BCUT2D eigenvalue weighted by molar-refractivity contribution is 5.55. The van der Waals surface area contributed by atoms with Gasteiger partial charge in [-0.3, -0.25) is 0 Å². The van der Waals surface area contributed by atoms with Crippen LogP contribution >= 0.6 is 0 Å². The van der Waals surface area contributed by atoms with E-state index < -0.39 is 0 Å². The van der Waals surface area contributed by atoms with E-state index in [1.165, 1.54) is 5.56 Å². The number of benzene rings is 1. The van der Waals surface area contributed by atoms with E-state index in [4.69, 9.17) is 15.0 Å². The molecule has 0 aliphatic carbocycles. The van der Waals surface area contributed by atoms with Crippen LogP contribution < -0.4 is 5.73 Å². The lowest BCUT2D eigenvalue weighted by Crippen LogP contribution is -2.24. The average molecular weight is 231 g/mol. The van der Waals surface area contributed by atoms with E-state index in [2.05, 4.69) is 22.3 Å². The molecule has 3 rings (SSSR count). The lowest BCUT2D eigenvalue weighted by atomic mass is 9.96. The van der Waals surface area contributed by atoms with Crippen molar-refractivity contribution in [3.63, 3.8) is 0 Å². The van der Waals surface area contributed by atoms with E-state index in [0.29, 0.717) is 17.6 Å². The quantitative estimate of drug-likeness (QED) is 0.862. The van der Waals surface area contributed by atoms with Gasteiger partial charge in [0.1, 0.15) is 0 Å². The molecule has 17 heavy (non-hydrogen) atoms. The summed E-state index contributed by atoms with van der Waals surface area (Å²) in [5.41, 5.74) is 7.65. The number of aromatic nitrogens is 2. The molecule has 0 atom stereocenters. The summed E-state index contributed by atoms with van der Waals surface area (Å²) >= 11 is 0. The van der Waals surface area contributed by atoms with Gasteiger partial charge in [0, 0.05) is 11.5 Å². The maximum atomic E-state index is 5.44. The predicted octanol–water partition coefficient (Wildman–Crippen LogP) is 1.31. The van der Waals surface area contributed by atoms with Crippen LogP contribution in [0.3, 0.4) is 0 Å². The van der Waals surface area contributed by atoms with Gasteiger partial charge in [-0.1, -0.05) is 23.4 Å². The highest BCUT2D eigenvalue weighted by Crippen LogP contribution is 2.27. The molecular weight excluding hydrogens is 218 g/mol. The van der Waals surface area contributed by atoms with Gasteiger partial charge in [0.15, 0.2) is 0 Å². The SMILES string of the molecule is NCc1nc(-c2cccc(C3COC3)c2)no1. The molecule has 0 unspecified atom stereocenters. The van der Waals surface area contributed by atoms with Crippen molar-refractivity contribution >= 4 is 0 Å². The monoisotopic (exact) mass is 231 g/mol. The summed E-state index contributed by atoms with van der Waals surface area (Å²) in [5, 5.41) is 3.90. The van der Waals surface area contributed by atoms with Gasteiger partial charge in [-0.15, -0.1) is 0 Å². The van der Waals surface area contributed by atoms with Crippen LogP contribution in [-0.2, 0) is 11.3 Å². The van der Waals surface area contributed by atoms with Gasteiger partial charge < -0.3 is 15.0 Å². The highest BCUT2D eigenvalue weighted by Gasteiger charge is 2.21. The third-order valence-corrected chi connectivity index (χ3v) is 2.90. The average Bonchev–Trinajstić information content (AvgIpc) is 2.75. The summed E-state index contributed by atoms with van der Waals surface area (Å²) in [4.78, 5) is 4.21. The van der Waals surface area contributed by atoms with Crippen molar-refractivity contribution in [2.45, 2.75) is 12.5 Å². The molecule has 2 heterocycles. The fourth-order valence-electron chi connectivity index (χ4n) is 1.81. The number of nitrogens with two attached hydrogens (primary N) is 1. The maximum Gasteiger partial charge on any atom is 0.240 e. The van der Waals surface area contributed by atoms with Crippen LogP contribution in [0.5, 0.6) is 0 Å². The predicted molar refractivity (Wildman–Crippen MR) is 61.2 cm³/mol. The van der Waals surface area contributed by atoms with Crippen molar-refractivity contribution < 1.29 is 9.26 Å². The highest BCUT2D eigenvalue weighted by atomic mass is 16.5. The van der Waals surface area contributed by atoms with Gasteiger partial charge in [0.2, 0.25) is 11.7 Å². The molecule has 1 fully saturated rings. The summed E-state index contributed by atoms with van der Waals surface area (Å²) in [6, 6.07) is 8.15. The van der Waals surface area contributed by atoms with E-state index in [0.717, 1.165) is 18.8 Å². The Morgan fingerprint density at radius 3 is 2.88 bits per heavy atom. The van der Waals surface area contributed by atoms with Crippen LogP contribution in [0.2, 0.25) is 0 Å². The third kappa shape index (κ3) is 1.94. The second kappa shape index (κ2) is 4.27. The Bertz CT molecular complexity index is 520. The summed E-state index contributed by atoms with van der Waals surface area (Å²) in [7, 11) is 0. The lowest BCUT2D eigenvalue weighted by molar-refractivity contribution is 0.00844. The molecule has 1 aliphatic rings. The van der Waals surface area contributed by atoms with Crippen molar-refractivity contribution in [3.05, 3.63) is 35.7 Å². The van der Waals surface area contributed by atoms with E-state index in [9.17, 15) is 0 Å². The van der Waals surface area contributed by atoms with E-state index in [-0.39, 0.29) is 6.54 Å². The van der Waals surface area contributed by atoms with E-state index in [1.54, 1.807) is 0 Å². The number of rotatable bonds is 3. The normalized spacial score (nSPS) is 15.8. The fourth-order valence-corrected chi connectivity index (χ4v) is 1.81. The minimum Gasteiger partial charge on any atom is -0.380 e. The molecule has 5 heteroatoms. The van der Waals surface area contributed by atoms with Crippen molar-refractivity contribution in [2.24, 2.45) is 5.73 Å². The molecule has 2 aromatic rings. The zero-order valence-electron chi connectivity index (χ0n) is 9.30. The maximum absolute atomic E-state index is 5.44. The molecule has 0 saturated carbocycles. The van der Waals surface area contributed by atoms with Crippen molar-refractivity contribution in [1.29, 1.82) is 0 Å².